The molecule has 0 aliphatic heterocycles. The van der Waals surface area contributed by atoms with Crippen LogP contribution in [0.15, 0.2) is 29.2 Å². The fourth-order valence-corrected chi connectivity index (χ4v) is 3.97. The zero-order valence-corrected chi connectivity index (χ0v) is 14.5. The average Bonchev–Trinajstić information content (AvgIpc) is 2.66. The van der Waals surface area contributed by atoms with E-state index in [1.54, 1.807) is 0 Å². The molecule has 0 fully saturated rings. The van der Waals surface area contributed by atoms with Crippen LogP contribution in [0.25, 0.3) is 5.69 Å². The van der Waals surface area contributed by atoms with Crippen LogP contribution in [-0.2, 0) is 14.5 Å². The molecular weight excluding hydrogens is 331 g/mol. The van der Waals surface area contributed by atoms with E-state index in [4.69, 9.17) is 22.3 Å². The average molecular weight is 347 g/mol. The van der Waals surface area contributed by atoms with Crippen LogP contribution < -0.4 is 0 Å². The van der Waals surface area contributed by atoms with Crippen LogP contribution in [0.5, 0.6) is 0 Å². The smallest absolute Gasteiger partial charge is 0.220 e. The second kappa shape index (κ2) is 5.30. The molecule has 4 nitrogen and oxygen atoms in total. The molecule has 1 aromatic carbocycles. The van der Waals surface area contributed by atoms with Gasteiger partial charge in [-0.05, 0) is 24.6 Å². The lowest BCUT2D eigenvalue weighted by Crippen LogP contribution is -2.15. The van der Waals surface area contributed by atoms with Gasteiger partial charge in [-0.15, -0.1) is 0 Å². The Morgan fingerprint density at radius 3 is 2.29 bits per heavy atom. The highest BCUT2D eigenvalue weighted by molar-refractivity contribution is 8.13. The first-order valence-corrected chi connectivity index (χ1v) is 9.01. The van der Waals surface area contributed by atoms with Gasteiger partial charge in [-0.1, -0.05) is 44.5 Å². The molecule has 7 heteroatoms. The van der Waals surface area contributed by atoms with Crippen molar-refractivity contribution in [3.63, 3.8) is 0 Å². The van der Waals surface area contributed by atoms with Crippen molar-refractivity contribution in [3.8, 4) is 5.69 Å². The lowest BCUT2D eigenvalue weighted by atomic mass is 9.92. The topological polar surface area (TPSA) is 52.0 Å². The second-order valence-corrected chi connectivity index (χ2v) is 8.77. The van der Waals surface area contributed by atoms with E-state index in [2.05, 4.69) is 5.10 Å². The Kier molecular flexibility index (Phi) is 4.12. The van der Waals surface area contributed by atoms with Gasteiger partial charge in [0.2, 0.25) is 0 Å². The largest absolute Gasteiger partial charge is 0.266 e. The van der Waals surface area contributed by atoms with Crippen molar-refractivity contribution in [2.24, 2.45) is 0 Å². The quantitative estimate of drug-likeness (QED) is 0.770. The molecule has 0 saturated heterocycles. The van der Waals surface area contributed by atoms with Crippen LogP contribution in [0, 0.1) is 6.92 Å². The summed E-state index contributed by atoms with van der Waals surface area (Å²) in [5.41, 5.74) is 1.56. The maximum absolute atomic E-state index is 11.9. The van der Waals surface area contributed by atoms with Crippen molar-refractivity contribution in [1.82, 2.24) is 9.78 Å². The molecule has 0 atom stereocenters. The third kappa shape index (κ3) is 3.25. The maximum Gasteiger partial charge on any atom is 0.266 e. The van der Waals surface area contributed by atoms with Gasteiger partial charge in [-0.2, -0.15) is 5.10 Å². The molecule has 2 aromatic rings. The zero-order valence-electron chi connectivity index (χ0n) is 12.2. The Labute approximate surface area is 134 Å². The summed E-state index contributed by atoms with van der Waals surface area (Å²) in [5.74, 6) is 0. The van der Waals surface area contributed by atoms with Crippen LogP contribution in [0.3, 0.4) is 0 Å². The van der Waals surface area contributed by atoms with E-state index in [-0.39, 0.29) is 10.0 Å². The van der Waals surface area contributed by atoms with Gasteiger partial charge in [-0.25, -0.2) is 13.1 Å². The zero-order chi connectivity index (χ0) is 16.0. The minimum absolute atomic E-state index is 0.000486. The fraction of sp³-hybridized carbons (Fsp3) is 0.357. The molecule has 0 amide bonds. The van der Waals surface area contributed by atoms with Crippen molar-refractivity contribution in [2.45, 2.75) is 38.0 Å². The number of nitrogens with zero attached hydrogens (tertiary/aromatic N) is 2. The summed E-state index contributed by atoms with van der Waals surface area (Å²) in [7, 11) is 1.55. The first kappa shape index (κ1) is 16.3. The number of aryl methyl sites for hydroxylation is 1. The van der Waals surface area contributed by atoms with Crippen LogP contribution in [-0.4, -0.2) is 18.2 Å². The molecule has 1 aromatic heterocycles. The second-order valence-electron chi connectivity index (χ2n) is 5.91. The van der Waals surface area contributed by atoms with Gasteiger partial charge in [0.25, 0.3) is 9.05 Å². The van der Waals surface area contributed by atoms with E-state index >= 15 is 0 Å². The normalized spacial score (nSPS) is 12.7. The summed E-state index contributed by atoms with van der Waals surface area (Å²) >= 11 is 6.24. The molecule has 0 bridgehead atoms. The number of rotatable bonds is 2. The van der Waals surface area contributed by atoms with Gasteiger partial charge >= 0.3 is 0 Å². The van der Waals surface area contributed by atoms with Crippen molar-refractivity contribution < 1.29 is 8.42 Å². The monoisotopic (exact) mass is 346 g/mol. The van der Waals surface area contributed by atoms with Crippen molar-refractivity contribution in [1.29, 1.82) is 0 Å². The lowest BCUT2D eigenvalue weighted by molar-refractivity contribution is 0.544. The third-order valence-corrected chi connectivity index (χ3v) is 4.79. The van der Waals surface area contributed by atoms with Crippen molar-refractivity contribution in [2.75, 3.05) is 0 Å². The Hall–Kier alpha value is -1.04. The highest BCUT2D eigenvalue weighted by Crippen LogP contribution is 2.36. The van der Waals surface area contributed by atoms with E-state index in [1.165, 1.54) is 4.68 Å². The van der Waals surface area contributed by atoms with E-state index in [0.717, 1.165) is 5.56 Å². The summed E-state index contributed by atoms with van der Waals surface area (Å²) in [6, 6.07) is 7.47. The number of hydrogen-bond acceptors (Lipinski definition) is 3. The molecule has 0 aliphatic carbocycles. The number of aromatic nitrogens is 2. The van der Waals surface area contributed by atoms with E-state index < -0.39 is 14.5 Å². The molecule has 0 saturated carbocycles. The highest BCUT2D eigenvalue weighted by Gasteiger charge is 2.33. The van der Waals surface area contributed by atoms with Crippen LogP contribution in [0.2, 0.25) is 5.15 Å². The summed E-state index contributed by atoms with van der Waals surface area (Å²) in [6.45, 7) is 7.51. The van der Waals surface area contributed by atoms with Gasteiger partial charge in [0.15, 0.2) is 5.15 Å². The summed E-state index contributed by atoms with van der Waals surface area (Å²) in [5, 5.41) is 4.38. The first-order valence-electron chi connectivity index (χ1n) is 6.32. The summed E-state index contributed by atoms with van der Waals surface area (Å²) in [6.07, 6.45) is 0. The van der Waals surface area contributed by atoms with Gasteiger partial charge in [0.05, 0.1) is 11.4 Å². The third-order valence-electron chi connectivity index (χ3n) is 2.99. The molecule has 2 rings (SSSR count). The molecule has 0 aliphatic rings. The number of halogens is 2. The first-order chi connectivity index (χ1) is 9.51. The molecule has 0 spiro atoms. The van der Waals surface area contributed by atoms with Gasteiger partial charge in [0.1, 0.15) is 4.90 Å². The van der Waals surface area contributed by atoms with Crippen molar-refractivity contribution in [3.05, 3.63) is 40.7 Å². The predicted octanol–water partition coefficient (Wildman–Crippen LogP) is 4.06. The van der Waals surface area contributed by atoms with Gasteiger partial charge < -0.3 is 0 Å². The maximum atomic E-state index is 11.9. The molecule has 0 unspecified atom stereocenters. The molecule has 1 heterocycles. The Bertz CT molecular complexity index is 790. The predicted molar refractivity (Wildman–Crippen MR) is 85.0 cm³/mol. The molecule has 114 valence electrons. The minimum Gasteiger partial charge on any atom is -0.220 e. The van der Waals surface area contributed by atoms with Crippen molar-refractivity contribution >= 4 is 31.3 Å². The van der Waals surface area contributed by atoms with Gasteiger partial charge in [-0.3, -0.25) is 0 Å². The number of benzene rings is 1. The van der Waals surface area contributed by atoms with Gasteiger partial charge in [0, 0.05) is 16.1 Å². The van der Waals surface area contributed by atoms with Crippen LogP contribution >= 0.6 is 22.3 Å². The highest BCUT2D eigenvalue weighted by atomic mass is 35.7. The molecule has 0 radical (unpaired) electrons. The molecule has 0 N–H and O–H groups in total. The Morgan fingerprint density at radius 2 is 1.86 bits per heavy atom. The fourth-order valence-electron chi connectivity index (χ4n) is 2.02. The van der Waals surface area contributed by atoms with E-state index in [0.29, 0.717) is 11.4 Å². The summed E-state index contributed by atoms with van der Waals surface area (Å²) in [4.78, 5) is -0.125. The Balaban J connectivity index is 2.80. The Morgan fingerprint density at radius 1 is 1.24 bits per heavy atom. The van der Waals surface area contributed by atoms with E-state index in [9.17, 15) is 8.42 Å². The minimum atomic E-state index is -3.99. The number of hydrogen-bond donors (Lipinski definition) is 0. The lowest BCUT2D eigenvalue weighted by Gasteiger charge is -2.16. The molecule has 21 heavy (non-hydrogen) atoms. The SMILES string of the molecule is Cc1cccc(-n2nc(C(C)(C)C)c(S(=O)(=O)Cl)c2Cl)c1. The van der Waals surface area contributed by atoms with E-state index in [1.807, 2.05) is 52.0 Å². The standard InChI is InChI=1S/C14H16Cl2N2O2S/c1-9-6-5-7-10(8-9)18-13(15)11(21(16,19)20)12(17-18)14(2,3)4/h5-8H,1-4H3. The van der Waals surface area contributed by atoms with Crippen LogP contribution in [0.1, 0.15) is 32.0 Å². The van der Waals surface area contributed by atoms with Crippen LogP contribution in [0.4, 0.5) is 0 Å². The summed E-state index contributed by atoms with van der Waals surface area (Å²) < 4.78 is 25.1. The molecular formula is C14H16Cl2N2O2S.